The van der Waals surface area contributed by atoms with Crippen molar-refractivity contribution in [3.8, 4) is 0 Å². The Bertz CT molecular complexity index is 793. The largest absolute Gasteiger partial charge is 0.431 e. The summed E-state index contributed by atoms with van der Waals surface area (Å²) in [6.45, 7) is 2.07. The van der Waals surface area contributed by atoms with Crippen LogP contribution in [0.2, 0.25) is 0 Å². The second kappa shape index (κ2) is 5.49. The third kappa shape index (κ3) is 2.48. The lowest BCUT2D eigenvalue weighted by Gasteiger charge is -2.27. The van der Waals surface area contributed by atoms with Crippen LogP contribution in [-0.2, 0) is 17.9 Å². The van der Waals surface area contributed by atoms with Crippen molar-refractivity contribution in [3.63, 3.8) is 0 Å². The van der Waals surface area contributed by atoms with E-state index >= 15 is 0 Å². The van der Waals surface area contributed by atoms with E-state index in [1.54, 1.807) is 6.20 Å². The maximum Gasteiger partial charge on any atom is 0.257 e. The number of oxazole rings is 1. The van der Waals surface area contributed by atoms with E-state index < -0.39 is 0 Å². The van der Waals surface area contributed by atoms with E-state index in [1.165, 1.54) is 11.8 Å². The normalized spacial score (nSPS) is 14.3. The van der Waals surface area contributed by atoms with Gasteiger partial charge in [0.05, 0.1) is 24.5 Å². The molecule has 6 nitrogen and oxygen atoms in total. The fourth-order valence-electron chi connectivity index (χ4n) is 2.53. The minimum Gasteiger partial charge on any atom is -0.431 e. The van der Waals surface area contributed by atoms with Crippen LogP contribution >= 0.6 is 11.8 Å². The Hall–Kier alpha value is -2.28. The predicted octanol–water partition coefficient (Wildman–Crippen LogP) is 2.16. The van der Waals surface area contributed by atoms with Gasteiger partial charge in [-0.05, 0) is 18.2 Å². The molecule has 4 rings (SSSR count). The van der Waals surface area contributed by atoms with E-state index in [9.17, 15) is 4.79 Å². The SMILES string of the molecule is O=C(CSc1nc2ccccc2o1)N1CCn2nccc2C1. The molecule has 0 N–H and O–H groups in total. The number of aromatic nitrogens is 3. The Morgan fingerprint density at radius 1 is 1.27 bits per heavy atom. The van der Waals surface area contributed by atoms with Crippen molar-refractivity contribution in [2.24, 2.45) is 0 Å². The molecule has 1 aromatic carbocycles. The quantitative estimate of drug-likeness (QED) is 0.693. The standard InChI is InChI=1S/C15H14N4O2S/c20-14(18-7-8-19-11(9-18)5-6-16-19)10-22-15-17-12-3-1-2-4-13(12)21-15/h1-6H,7-10H2. The third-order valence-corrected chi connectivity index (χ3v) is 4.50. The molecule has 3 heterocycles. The minimum absolute atomic E-state index is 0.0970. The molecule has 0 aliphatic carbocycles. The van der Waals surface area contributed by atoms with Gasteiger partial charge in [-0.15, -0.1) is 0 Å². The van der Waals surface area contributed by atoms with E-state index in [4.69, 9.17) is 4.42 Å². The molecule has 2 aromatic heterocycles. The molecule has 0 radical (unpaired) electrons. The van der Waals surface area contributed by atoms with E-state index in [2.05, 4.69) is 10.1 Å². The summed E-state index contributed by atoms with van der Waals surface area (Å²) in [5.41, 5.74) is 2.64. The molecule has 22 heavy (non-hydrogen) atoms. The molecule has 0 atom stereocenters. The zero-order chi connectivity index (χ0) is 14.9. The number of hydrogen-bond donors (Lipinski definition) is 0. The molecule has 1 amide bonds. The van der Waals surface area contributed by atoms with Crippen LogP contribution in [0, 0.1) is 0 Å². The van der Waals surface area contributed by atoms with Gasteiger partial charge in [-0.25, -0.2) is 4.98 Å². The number of hydrogen-bond acceptors (Lipinski definition) is 5. The van der Waals surface area contributed by atoms with Crippen molar-refractivity contribution in [1.29, 1.82) is 0 Å². The topological polar surface area (TPSA) is 64.2 Å². The highest BCUT2D eigenvalue weighted by molar-refractivity contribution is 7.99. The van der Waals surface area contributed by atoms with Gasteiger partial charge in [-0.1, -0.05) is 23.9 Å². The van der Waals surface area contributed by atoms with E-state index in [0.717, 1.165) is 23.3 Å². The number of benzene rings is 1. The molecule has 0 saturated heterocycles. The summed E-state index contributed by atoms with van der Waals surface area (Å²) in [7, 11) is 0. The molecule has 0 unspecified atom stereocenters. The number of nitrogens with zero attached hydrogens (tertiary/aromatic N) is 4. The first kappa shape index (κ1) is 13.4. The van der Waals surface area contributed by atoms with Crippen molar-refractivity contribution < 1.29 is 9.21 Å². The Morgan fingerprint density at radius 2 is 2.18 bits per heavy atom. The van der Waals surface area contributed by atoms with E-state index in [1.807, 2.05) is 39.9 Å². The lowest BCUT2D eigenvalue weighted by Crippen LogP contribution is -2.39. The number of fused-ring (bicyclic) bond motifs is 2. The number of para-hydroxylation sites is 2. The summed E-state index contributed by atoms with van der Waals surface area (Å²) < 4.78 is 7.56. The first-order valence-corrected chi connectivity index (χ1v) is 8.05. The van der Waals surface area contributed by atoms with Gasteiger partial charge in [0.25, 0.3) is 5.22 Å². The van der Waals surface area contributed by atoms with Crippen LogP contribution in [0.25, 0.3) is 11.1 Å². The van der Waals surface area contributed by atoms with Gasteiger partial charge in [-0.3, -0.25) is 9.48 Å². The molecule has 0 spiro atoms. The summed E-state index contributed by atoms with van der Waals surface area (Å²) in [4.78, 5) is 18.5. The van der Waals surface area contributed by atoms with Crippen LogP contribution in [0.5, 0.6) is 0 Å². The van der Waals surface area contributed by atoms with Gasteiger partial charge in [-0.2, -0.15) is 5.10 Å². The highest BCUT2D eigenvalue weighted by Crippen LogP contribution is 2.23. The van der Waals surface area contributed by atoms with Gasteiger partial charge in [0.1, 0.15) is 5.52 Å². The minimum atomic E-state index is 0.0970. The number of carbonyl (C=O) groups is 1. The molecule has 1 aliphatic heterocycles. The first-order chi connectivity index (χ1) is 10.8. The van der Waals surface area contributed by atoms with Crippen molar-refractivity contribution in [2.45, 2.75) is 18.3 Å². The second-order valence-electron chi connectivity index (χ2n) is 5.10. The summed E-state index contributed by atoms with van der Waals surface area (Å²) in [5, 5.41) is 4.76. The van der Waals surface area contributed by atoms with Crippen LogP contribution in [0.4, 0.5) is 0 Å². The van der Waals surface area contributed by atoms with Gasteiger partial charge in [0.2, 0.25) is 5.91 Å². The maximum atomic E-state index is 12.3. The van der Waals surface area contributed by atoms with Crippen LogP contribution < -0.4 is 0 Å². The van der Waals surface area contributed by atoms with Crippen LogP contribution in [0.1, 0.15) is 5.69 Å². The lowest BCUT2D eigenvalue weighted by molar-refractivity contribution is -0.129. The molecular formula is C15H14N4O2S. The maximum absolute atomic E-state index is 12.3. The molecule has 0 fully saturated rings. The molecule has 112 valence electrons. The summed E-state index contributed by atoms with van der Waals surface area (Å²) in [6, 6.07) is 9.55. The number of rotatable bonds is 3. The lowest BCUT2D eigenvalue weighted by atomic mass is 10.3. The van der Waals surface area contributed by atoms with E-state index in [0.29, 0.717) is 24.1 Å². The highest BCUT2D eigenvalue weighted by Gasteiger charge is 2.21. The highest BCUT2D eigenvalue weighted by atomic mass is 32.2. The number of amides is 1. The molecular weight excluding hydrogens is 300 g/mol. The smallest absolute Gasteiger partial charge is 0.257 e. The average Bonchev–Trinajstić information content (AvgIpc) is 3.17. The average molecular weight is 314 g/mol. The summed E-state index contributed by atoms with van der Waals surface area (Å²) in [5.74, 6) is 0.431. The summed E-state index contributed by atoms with van der Waals surface area (Å²) >= 11 is 1.34. The zero-order valence-corrected chi connectivity index (χ0v) is 12.6. The summed E-state index contributed by atoms with van der Waals surface area (Å²) in [6.07, 6.45) is 1.77. The molecule has 0 bridgehead atoms. The third-order valence-electron chi connectivity index (χ3n) is 3.69. The molecule has 1 aliphatic rings. The molecule has 3 aromatic rings. The van der Waals surface area contributed by atoms with Crippen LogP contribution in [-0.4, -0.2) is 37.9 Å². The van der Waals surface area contributed by atoms with Gasteiger partial charge < -0.3 is 9.32 Å². The Balaban J connectivity index is 1.40. The Labute approximate surface area is 131 Å². The first-order valence-electron chi connectivity index (χ1n) is 7.06. The Kier molecular flexibility index (Phi) is 3.34. The predicted molar refractivity (Wildman–Crippen MR) is 82.4 cm³/mol. The molecule has 0 saturated carbocycles. The van der Waals surface area contributed by atoms with Crippen LogP contribution in [0.15, 0.2) is 46.2 Å². The van der Waals surface area contributed by atoms with Gasteiger partial charge in [0, 0.05) is 12.7 Å². The monoisotopic (exact) mass is 314 g/mol. The van der Waals surface area contributed by atoms with Gasteiger partial charge in [0.15, 0.2) is 5.58 Å². The van der Waals surface area contributed by atoms with Crippen LogP contribution in [0.3, 0.4) is 0 Å². The fourth-order valence-corrected chi connectivity index (χ4v) is 3.27. The van der Waals surface area contributed by atoms with Gasteiger partial charge >= 0.3 is 0 Å². The fraction of sp³-hybridized carbons (Fsp3) is 0.267. The molecule has 7 heteroatoms. The van der Waals surface area contributed by atoms with Crippen molar-refractivity contribution in [3.05, 3.63) is 42.2 Å². The van der Waals surface area contributed by atoms with E-state index in [-0.39, 0.29) is 5.91 Å². The zero-order valence-electron chi connectivity index (χ0n) is 11.8. The second-order valence-corrected chi connectivity index (χ2v) is 6.02. The Morgan fingerprint density at radius 3 is 3.09 bits per heavy atom. The number of thioether (sulfide) groups is 1. The van der Waals surface area contributed by atoms with Crippen molar-refractivity contribution in [2.75, 3.05) is 12.3 Å². The van der Waals surface area contributed by atoms with Crippen molar-refractivity contribution in [1.82, 2.24) is 19.7 Å². The number of carbonyl (C=O) groups excluding carboxylic acids is 1. The van der Waals surface area contributed by atoms with Crippen molar-refractivity contribution >= 4 is 28.8 Å².